The molecule has 1 unspecified atom stereocenters. The molecule has 1 atom stereocenters. The molecule has 4 aromatic rings. The Labute approximate surface area is 217 Å². The lowest BCUT2D eigenvalue weighted by Gasteiger charge is -2.02. The van der Waals surface area contributed by atoms with Crippen molar-refractivity contribution in [1.82, 2.24) is 20.4 Å². The van der Waals surface area contributed by atoms with Crippen LogP contribution in [0.1, 0.15) is 15.6 Å². The first-order valence-corrected chi connectivity index (χ1v) is 14.0. The van der Waals surface area contributed by atoms with Crippen molar-refractivity contribution in [2.24, 2.45) is 0 Å². The van der Waals surface area contributed by atoms with E-state index in [1.54, 1.807) is 24.3 Å². The fourth-order valence-corrected chi connectivity index (χ4v) is 5.75. The summed E-state index contributed by atoms with van der Waals surface area (Å²) in [7, 11) is -1.10. The number of aromatic nitrogens is 4. The standard InChI is InChI=1S/C23H22N6O4S3/c30-18(15-16-7-3-1-4-8-16)24-21-28-26-19(34-21)11-13-36(32)14-12-20-27-29-22(35-20)25-23(31)33-17-9-5-2-6-10-17/h1-10H,11-15H2,(H,24,28,30)(H,25,29,31). The van der Waals surface area contributed by atoms with E-state index in [2.05, 4.69) is 31.0 Å². The van der Waals surface area contributed by atoms with Crippen molar-refractivity contribution in [2.75, 3.05) is 22.1 Å². The molecule has 0 aliphatic heterocycles. The van der Waals surface area contributed by atoms with E-state index in [1.807, 2.05) is 36.4 Å². The fourth-order valence-electron chi connectivity index (χ4n) is 2.97. The van der Waals surface area contributed by atoms with E-state index >= 15 is 0 Å². The van der Waals surface area contributed by atoms with Crippen LogP contribution >= 0.6 is 22.7 Å². The Bertz CT molecular complexity index is 1210. The number of hydrogen-bond acceptors (Lipinski definition) is 10. The summed E-state index contributed by atoms with van der Waals surface area (Å²) in [6.07, 6.45) is 0.570. The van der Waals surface area contributed by atoms with E-state index in [4.69, 9.17) is 4.74 Å². The van der Waals surface area contributed by atoms with Crippen LogP contribution in [0.2, 0.25) is 0 Å². The molecule has 2 N–H and O–H groups in total. The van der Waals surface area contributed by atoms with Gasteiger partial charge in [-0.3, -0.25) is 14.3 Å². The largest absolute Gasteiger partial charge is 0.418 e. The van der Waals surface area contributed by atoms with E-state index in [1.165, 1.54) is 22.7 Å². The second kappa shape index (κ2) is 13.0. The summed E-state index contributed by atoms with van der Waals surface area (Å²) in [4.78, 5) is 24.1. The van der Waals surface area contributed by atoms with Crippen molar-refractivity contribution in [2.45, 2.75) is 19.3 Å². The van der Waals surface area contributed by atoms with Gasteiger partial charge in [-0.05, 0) is 17.7 Å². The lowest BCUT2D eigenvalue weighted by atomic mass is 10.1. The van der Waals surface area contributed by atoms with Crippen LogP contribution in [0, 0.1) is 0 Å². The van der Waals surface area contributed by atoms with Gasteiger partial charge in [0.25, 0.3) is 0 Å². The Morgan fingerprint density at radius 2 is 1.33 bits per heavy atom. The summed E-state index contributed by atoms with van der Waals surface area (Å²) >= 11 is 2.49. The molecule has 0 aliphatic rings. The predicted molar refractivity (Wildman–Crippen MR) is 140 cm³/mol. The Morgan fingerprint density at radius 1 is 0.778 bits per heavy atom. The molecule has 2 aromatic carbocycles. The molecule has 0 radical (unpaired) electrons. The van der Waals surface area contributed by atoms with Gasteiger partial charge in [-0.1, -0.05) is 71.2 Å². The summed E-state index contributed by atoms with van der Waals surface area (Å²) in [5, 5.41) is 23.4. The van der Waals surface area contributed by atoms with Gasteiger partial charge in [-0.25, -0.2) is 4.79 Å². The van der Waals surface area contributed by atoms with Crippen LogP contribution in [0.3, 0.4) is 0 Å². The number of hydrogen-bond donors (Lipinski definition) is 2. The van der Waals surface area contributed by atoms with Crippen molar-refractivity contribution in [3.63, 3.8) is 0 Å². The molecule has 13 heteroatoms. The van der Waals surface area contributed by atoms with Gasteiger partial charge >= 0.3 is 6.09 Å². The molecule has 4 rings (SSSR count). The van der Waals surface area contributed by atoms with Crippen LogP contribution in [-0.4, -0.2) is 48.1 Å². The van der Waals surface area contributed by atoms with Crippen LogP contribution in [-0.2, 0) is 34.9 Å². The number of ether oxygens (including phenoxy) is 1. The monoisotopic (exact) mass is 542 g/mol. The molecule has 10 nitrogen and oxygen atoms in total. The van der Waals surface area contributed by atoms with E-state index < -0.39 is 16.9 Å². The number of aryl methyl sites for hydroxylation is 2. The first kappa shape index (κ1) is 25.5. The zero-order valence-electron chi connectivity index (χ0n) is 19.0. The third-order valence-electron chi connectivity index (χ3n) is 4.64. The quantitative estimate of drug-likeness (QED) is 0.293. The Hall–Kier alpha value is -3.55. The molecule has 2 heterocycles. The van der Waals surface area contributed by atoms with Crippen LogP contribution in [0.5, 0.6) is 5.75 Å². The minimum atomic E-state index is -1.10. The van der Waals surface area contributed by atoms with Gasteiger partial charge in [0.2, 0.25) is 16.2 Å². The highest BCUT2D eigenvalue weighted by Crippen LogP contribution is 2.19. The molecule has 0 aliphatic carbocycles. The molecule has 186 valence electrons. The highest BCUT2D eigenvalue weighted by Gasteiger charge is 2.13. The van der Waals surface area contributed by atoms with Crippen LogP contribution in [0.15, 0.2) is 60.7 Å². The Balaban J connectivity index is 1.15. The number of anilines is 2. The second-order valence-electron chi connectivity index (χ2n) is 7.39. The Morgan fingerprint density at radius 3 is 1.94 bits per heavy atom. The molecule has 0 saturated heterocycles. The molecule has 0 bridgehead atoms. The fraction of sp³-hybridized carbons (Fsp3) is 0.217. The van der Waals surface area contributed by atoms with Gasteiger partial charge in [-0.2, -0.15) is 0 Å². The van der Waals surface area contributed by atoms with Gasteiger partial charge in [0.15, 0.2) is 0 Å². The summed E-state index contributed by atoms with van der Waals surface area (Å²) in [6.45, 7) is 0. The highest BCUT2D eigenvalue weighted by molar-refractivity contribution is 7.84. The number of carbonyl (C=O) groups excluding carboxylic acids is 2. The maximum Gasteiger partial charge on any atom is 0.418 e. The summed E-state index contributed by atoms with van der Waals surface area (Å²) in [5.74, 6) is 1.08. The summed E-state index contributed by atoms with van der Waals surface area (Å²) in [5.41, 5.74) is 0.917. The number of nitrogens with one attached hydrogen (secondary N) is 2. The molecule has 0 spiro atoms. The van der Waals surface area contributed by atoms with Crippen molar-refractivity contribution in [3.8, 4) is 5.75 Å². The zero-order chi connectivity index (χ0) is 25.2. The lowest BCUT2D eigenvalue weighted by Crippen LogP contribution is -2.16. The van der Waals surface area contributed by atoms with Crippen molar-refractivity contribution in [1.29, 1.82) is 0 Å². The van der Waals surface area contributed by atoms with Crippen LogP contribution < -0.4 is 15.4 Å². The van der Waals surface area contributed by atoms with Crippen molar-refractivity contribution in [3.05, 3.63) is 76.2 Å². The molecule has 36 heavy (non-hydrogen) atoms. The molecule has 2 amide bonds. The van der Waals surface area contributed by atoms with Crippen molar-refractivity contribution >= 4 is 55.7 Å². The molecule has 2 aromatic heterocycles. The first-order chi connectivity index (χ1) is 17.5. The van der Waals surface area contributed by atoms with Crippen LogP contribution in [0.25, 0.3) is 0 Å². The van der Waals surface area contributed by atoms with Gasteiger partial charge in [0, 0.05) is 35.1 Å². The minimum Gasteiger partial charge on any atom is -0.410 e. The maximum absolute atomic E-state index is 12.4. The zero-order valence-corrected chi connectivity index (χ0v) is 21.4. The highest BCUT2D eigenvalue weighted by atomic mass is 32.2. The first-order valence-electron chi connectivity index (χ1n) is 10.9. The van der Waals surface area contributed by atoms with E-state index in [9.17, 15) is 13.8 Å². The third kappa shape index (κ3) is 8.29. The predicted octanol–water partition coefficient (Wildman–Crippen LogP) is 3.72. The number of amides is 2. The third-order valence-corrected chi connectivity index (χ3v) is 7.75. The number of benzene rings is 2. The average molecular weight is 543 g/mol. The molecule has 0 saturated carbocycles. The average Bonchev–Trinajstić information content (AvgIpc) is 3.51. The smallest absolute Gasteiger partial charge is 0.410 e. The van der Waals surface area contributed by atoms with Gasteiger partial charge in [-0.15, -0.1) is 20.4 Å². The van der Waals surface area contributed by atoms with E-state index in [0.29, 0.717) is 50.4 Å². The van der Waals surface area contributed by atoms with E-state index in [-0.39, 0.29) is 12.3 Å². The van der Waals surface area contributed by atoms with Crippen molar-refractivity contribution < 1.29 is 18.5 Å². The number of para-hydroxylation sites is 1. The summed E-state index contributed by atoms with van der Waals surface area (Å²) < 4.78 is 17.6. The van der Waals surface area contributed by atoms with Gasteiger partial charge in [0.05, 0.1) is 6.42 Å². The number of nitrogens with zero attached hydrogens (tertiary/aromatic N) is 4. The molecular weight excluding hydrogens is 520 g/mol. The molecular formula is C23H22N6O4S3. The Kier molecular flexibility index (Phi) is 9.19. The van der Waals surface area contributed by atoms with Gasteiger partial charge < -0.3 is 10.1 Å². The van der Waals surface area contributed by atoms with Gasteiger partial charge in [0.1, 0.15) is 15.8 Å². The summed E-state index contributed by atoms with van der Waals surface area (Å²) in [6, 6.07) is 18.1. The topological polar surface area (TPSA) is 136 Å². The SMILES string of the molecule is O=C(Cc1ccccc1)Nc1nnc(CCS(=O)CCc2nnc(NC(=O)Oc3ccccc3)s2)s1. The lowest BCUT2D eigenvalue weighted by molar-refractivity contribution is -0.115. The number of rotatable bonds is 11. The number of carbonyl (C=O) groups is 2. The maximum atomic E-state index is 12.4. The molecule has 0 fully saturated rings. The van der Waals surface area contributed by atoms with Crippen LogP contribution in [0.4, 0.5) is 15.1 Å². The normalized spacial score (nSPS) is 11.6. The minimum absolute atomic E-state index is 0.160. The second-order valence-corrected chi connectivity index (χ2v) is 11.2. The van der Waals surface area contributed by atoms with E-state index in [0.717, 1.165) is 5.56 Å².